The lowest BCUT2D eigenvalue weighted by Crippen LogP contribution is -2.55. The van der Waals surface area contributed by atoms with Crippen LogP contribution in [0.4, 0.5) is 0 Å². The molecule has 3 nitrogen and oxygen atoms in total. The minimum Gasteiger partial charge on any atom is -0.311 e. The molecule has 3 atom stereocenters. The van der Waals surface area contributed by atoms with Crippen molar-refractivity contribution in [2.45, 2.75) is 50.9 Å². The minimum atomic E-state index is 0.697. The van der Waals surface area contributed by atoms with Crippen molar-refractivity contribution >= 4 is 11.8 Å². The van der Waals surface area contributed by atoms with E-state index in [1.807, 2.05) is 0 Å². The zero-order chi connectivity index (χ0) is 14.5. The molecule has 4 heteroatoms. The van der Waals surface area contributed by atoms with Gasteiger partial charge >= 0.3 is 0 Å². The lowest BCUT2D eigenvalue weighted by atomic mass is 10.00. The fraction of sp³-hybridized carbons (Fsp3) is 1.00. The van der Waals surface area contributed by atoms with E-state index >= 15 is 0 Å². The molecule has 2 fully saturated rings. The molecule has 2 heterocycles. The van der Waals surface area contributed by atoms with E-state index in [2.05, 4.69) is 54.7 Å². The molecule has 0 aliphatic carbocycles. The number of likely N-dealkylation sites (N-methyl/N-ethyl adjacent to an activating group) is 1. The van der Waals surface area contributed by atoms with E-state index in [-0.39, 0.29) is 0 Å². The van der Waals surface area contributed by atoms with Gasteiger partial charge in [-0.3, -0.25) is 4.90 Å². The highest BCUT2D eigenvalue weighted by Crippen LogP contribution is 2.25. The van der Waals surface area contributed by atoms with Crippen molar-refractivity contribution in [2.24, 2.45) is 5.92 Å². The third-order valence-electron chi connectivity index (χ3n) is 4.97. The second kappa shape index (κ2) is 8.02. The maximum atomic E-state index is 3.89. The molecule has 0 aromatic carbocycles. The first-order chi connectivity index (χ1) is 9.58. The molecule has 2 saturated heterocycles. The van der Waals surface area contributed by atoms with Crippen LogP contribution in [0.5, 0.6) is 0 Å². The van der Waals surface area contributed by atoms with Crippen molar-refractivity contribution < 1.29 is 0 Å². The number of thioether (sulfide) groups is 1. The largest absolute Gasteiger partial charge is 0.311 e. The van der Waals surface area contributed by atoms with E-state index in [1.54, 1.807) is 0 Å². The second-order valence-electron chi connectivity index (χ2n) is 6.88. The Labute approximate surface area is 129 Å². The average Bonchev–Trinajstić information content (AvgIpc) is 2.42. The monoisotopic (exact) mass is 299 g/mol. The van der Waals surface area contributed by atoms with Gasteiger partial charge in [-0.05, 0) is 31.6 Å². The van der Waals surface area contributed by atoms with Crippen molar-refractivity contribution in [3.63, 3.8) is 0 Å². The van der Waals surface area contributed by atoms with Gasteiger partial charge in [-0.2, -0.15) is 11.8 Å². The lowest BCUT2D eigenvalue weighted by Gasteiger charge is -2.41. The molecule has 118 valence electrons. The molecule has 3 unspecified atom stereocenters. The Balaban J connectivity index is 1.82. The Morgan fingerprint density at radius 1 is 1.20 bits per heavy atom. The van der Waals surface area contributed by atoms with E-state index < -0.39 is 0 Å². The molecule has 0 spiro atoms. The van der Waals surface area contributed by atoms with Gasteiger partial charge in [0.15, 0.2) is 0 Å². The van der Waals surface area contributed by atoms with Gasteiger partial charge in [0.1, 0.15) is 0 Å². The average molecular weight is 300 g/mol. The van der Waals surface area contributed by atoms with E-state index in [9.17, 15) is 0 Å². The van der Waals surface area contributed by atoms with Gasteiger partial charge in [-0.25, -0.2) is 0 Å². The molecular formula is C16H33N3S. The predicted octanol–water partition coefficient (Wildman–Crippen LogP) is 2.13. The van der Waals surface area contributed by atoms with Crippen LogP contribution in [0, 0.1) is 5.92 Å². The van der Waals surface area contributed by atoms with Crippen LogP contribution in [0.15, 0.2) is 0 Å². The predicted molar refractivity (Wildman–Crippen MR) is 90.6 cm³/mol. The first-order valence-electron chi connectivity index (χ1n) is 8.35. The van der Waals surface area contributed by atoms with Crippen LogP contribution < -0.4 is 5.32 Å². The summed E-state index contributed by atoms with van der Waals surface area (Å²) in [4.78, 5) is 5.15. The topological polar surface area (TPSA) is 18.5 Å². The third kappa shape index (κ3) is 4.62. The fourth-order valence-corrected chi connectivity index (χ4v) is 4.57. The van der Waals surface area contributed by atoms with Crippen LogP contribution in [0.2, 0.25) is 0 Å². The zero-order valence-electron chi connectivity index (χ0n) is 13.8. The van der Waals surface area contributed by atoms with Crippen LogP contribution >= 0.6 is 11.8 Å². The maximum absolute atomic E-state index is 3.89. The van der Waals surface area contributed by atoms with Crippen molar-refractivity contribution in [1.29, 1.82) is 0 Å². The maximum Gasteiger partial charge on any atom is 0.0244 e. The van der Waals surface area contributed by atoms with Gasteiger partial charge in [0, 0.05) is 50.1 Å². The molecule has 0 aromatic heterocycles. The normalized spacial score (nSPS) is 31.6. The van der Waals surface area contributed by atoms with Crippen molar-refractivity contribution in [1.82, 2.24) is 15.1 Å². The summed E-state index contributed by atoms with van der Waals surface area (Å²) in [5.74, 6) is 2.09. The van der Waals surface area contributed by atoms with Crippen LogP contribution in [-0.4, -0.2) is 72.7 Å². The summed E-state index contributed by atoms with van der Waals surface area (Å²) in [6.07, 6.45) is 2.75. The Morgan fingerprint density at radius 2 is 1.90 bits per heavy atom. The first-order valence-corrected chi connectivity index (χ1v) is 9.40. The summed E-state index contributed by atoms with van der Waals surface area (Å²) in [6, 6.07) is 1.42. The zero-order valence-corrected chi connectivity index (χ0v) is 14.6. The minimum absolute atomic E-state index is 0.697. The Kier molecular flexibility index (Phi) is 6.66. The van der Waals surface area contributed by atoms with E-state index in [0.29, 0.717) is 6.04 Å². The number of hydrogen-bond donors (Lipinski definition) is 1. The summed E-state index contributed by atoms with van der Waals surface area (Å²) in [7, 11) is 2.24. The van der Waals surface area contributed by atoms with Gasteiger partial charge < -0.3 is 10.2 Å². The van der Waals surface area contributed by atoms with Crippen molar-refractivity contribution in [3.05, 3.63) is 0 Å². The highest BCUT2D eigenvalue weighted by atomic mass is 32.2. The molecule has 0 radical (unpaired) electrons. The summed E-state index contributed by atoms with van der Waals surface area (Å²) in [5.41, 5.74) is 0. The van der Waals surface area contributed by atoms with E-state index in [1.165, 1.54) is 44.8 Å². The summed E-state index contributed by atoms with van der Waals surface area (Å²) in [6.45, 7) is 13.2. The SMILES string of the molecule is CC(C)C(CNC1CCCSC1C)N1CCN(C)CC1. The number of hydrogen-bond acceptors (Lipinski definition) is 4. The van der Waals surface area contributed by atoms with Crippen LogP contribution in [-0.2, 0) is 0 Å². The fourth-order valence-electron chi connectivity index (χ4n) is 3.40. The molecule has 20 heavy (non-hydrogen) atoms. The van der Waals surface area contributed by atoms with Gasteiger partial charge in [0.25, 0.3) is 0 Å². The Morgan fingerprint density at radius 3 is 2.50 bits per heavy atom. The number of nitrogens with zero attached hydrogens (tertiary/aromatic N) is 2. The number of piperazine rings is 1. The summed E-state index contributed by atoms with van der Waals surface area (Å²) in [5, 5.41) is 4.67. The lowest BCUT2D eigenvalue weighted by molar-refractivity contribution is 0.0857. The molecule has 2 aliphatic rings. The standard InChI is InChI=1S/C16H33N3S/c1-13(2)16(19-9-7-18(4)8-10-19)12-17-15-6-5-11-20-14(15)3/h13-17H,5-12H2,1-4H3. The van der Waals surface area contributed by atoms with Crippen molar-refractivity contribution in [3.8, 4) is 0 Å². The molecule has 0 aromatic rings. The van der Waals surface area contributed by atoms with Crippen LogP contribution in [0.1, 0.15) is 33.6 Å². The molecule has 0 amide bonds. The Bertz CT molecular complexity index is 277. The molecule has 1 N–H and O–H groups in total. The van der Waals surface area contributed by atoms with Crippen LogP contribution in [0.3, 0.4) is 0 Å². The quantitative estimate of drug-likeness (QED) is 0.838. The Hall–Kier alpha value is 0.230. The number of nitrogens with one attached hydrogen (secondary N) is 1. The molecule has 2 aliphatic heterocycles. The smallest absolute Gasteiger partial charge is 0.0244 e. The van der Waals surface area contributed by atoms with Gasteiger partial charge in [0.2, 0.25) is 0 Å². The molecule has 0 saturated carbocycles. The third-order valence-corrected chi connectivity index (χ3v) is 6.35. The molecule has 0 bridgehead atoms. The first kappa shape index (κ1) is 16.6. The van der Waals surface area contributed by atoms with Gasteiger partial charge in [-0.1, -0.05) is 20.8 Å². The molecule has 2 rings (SSSR count). The van der Waals surface area contributed by atoms with E-state index in [4.69, 9.17) is 0 Å². The van der Waals surface area contributed by atoms with Gasteiger partial charge in [0.05, 0.1) is 0 Å². The summed E-state index contributed by atoms with van der Waals surface area (Å²) < 4.78 is 0. The summed E-state index contributed by atoms with van der Waals surface area (Å²) >= 11 is 2.14. The highest BCUT2D eigenvalue weighted by molar-refractivity contribution is 7.99. The van der Waals surface area contributed by atoms with Crippen LogP contribution in [0.25, 0.3) is 0 Å². The number of rotatable bonds is 5. The highest BCUT2D eigenvalue weighted by Gasteiger charge is 2.27. The van der Waals surface area contributed by atoms with E-state index in [0.717, 1.165) is 23.8 Å². The second-order valence-corrected chi connectivity index (χ2v) is 8.37. The van der Waals surface area contributed by atoms with Crippen molar-refractivity contribution in [2.75, 3.05) is 45.5 Å². The molecular weight excluding hydrogens is 266 g/mol. The van der Waals surface area contributed by atoms with Gasteiger partial charge in [-0.15, -0.1) is 0 Å².